The lowest BCUT2D eigenvalue weighted by molar-refractivity contribution is -0.138. The molecule has 16 heteroatoms. The summed E-state index contributed by atoms with van der Waals surface area (Å²) in [5.74, 6) is 2.54. The molecule has 7 atom stereocenters. The van der Waals surface area contributed by atoms with Crippen LogP contribution in [0.1, 0.15) is 88.6 Å². The lowest BCUT2D eigenvalue weighted by atomic mass is 9.73. The summed E-state index contributed by atoms with van der Waals surface area (Å²) in [6.07, 6.45) is 5.65. The molecule has 10 rings (SSSR count). The van der Waals surface area contributed by atoms with Crippen molar-refractivity contribution in [3.05, 3.63) is 65.9 Å². The van der Waals surface area contributed by atoms with E-state index in [1.165, 1.54) is 14.2 Å². The van der Waals surface area contributed by atoms with Crippen LogP contribution in [0.25, 0.3) is 44.2 Å². The van der Waals surface area contributed by atoms with Crippen LogP contribution in [0, 0.1) is 23.7 Å². The van der Waals surface area contributed by atoms with E-state index in [0.717, 1.165) is 87.0 Å². The van der Waals surface area contributed by atoms with Gasteiger partial charge in [0.25, 0.3) is 0 Å². The molecular formula is C48H56N8O8. The number of fused-ring (bicyclic) bond motifs is 7. The number of amides is 4. The van der Waals surface area contributed by atoms with Gasteiger partial charge in [-0.1, -0.05) is 32.0 Å². The smallest absolute Gasteiger partial charge is 0.407 e. The fraction of sp³-hybridized carbons (Fsp3) is 0.500. The molecule has 64 heavy (non-hydrogen) atoms. The van der Waals surface area contributed by atoms with Crippen molar-refractivity contribution in [1.82, 2.24) is 40.4 Å². The van der Waals surface area contributed by atoms with E-state index in [2.05, 4.69) is 57.0 Å². The first-order valence-corrected chi connectivity index (χ1v) is 22.7. The predicted octanol–water partition coefficient (Wildman–Crippen LogP) is 7.16. The molecule has 7 unspecified atom stereocenters. The zero-order chi connectivity index (χ0) is 44.4. The molecule has 0 radical (unpaired) electrons. The summed E-state index contributed by atoms with van der Waals surface area (Å²) in [6, 6.07) is 12.8. The number of rotatable bonds is 9. The minimum absolute atomic E-state index is 0.0265. The van der Waals surface area contributed by atoms with Gasteiger partial charge in [-0.15, -0.1) is 0 Å². The molecule has 16 nitrogen and oxygen atoms in total. The Kier molecular flexibility index (Phi) is 11.0. The Morgan fingerprint density at radius 2 is 1.66 bits per heavy atom. The highest BCUT2D eigenvalue weighted by molar-refractivity contribution is 6.07. The number of aromatic amines is 2. The van der Waals surface area contributed by atoms with Crippen LogP contribution < -0.4 is 15.4 Å². The van der Waals surface area contributed by atoms with Gasteiger partial charge in [-0.05, 0) is 115 Å². The lowest BCUT2D eigenvalue weighted by Crippen LogP contribution is -2.53. The number of carbonyl (C=O) groups is 4. The van der Waals surface area contributed by atoms with Gasteiger partial charge in [-0.25, -0.2) is 19.6 Å². The maximum Gasteiger partial charge on any atom is 0.407 e. The summed E-state index contributed by atoms with van der Waals surface area (Å²) in [4.78, 5) is 74.0. The van der Waals surface area contributed by atoms with Gasteiger partial charge in [0.15, 0.2) is 0 Å². The van der Waals surface area contributed by atoms with E-state index in [1.807, 2.05) is 42.8 Å². The van der Waals surface area contributed by atoms with E-state index < -0.39 is 24.3 Å². The molecule has 3 aromatic carbocycles. The number of ether oxygens (including phenoxy) is 4. The fourth-order valence-corrected chi connectivity index (χ4v) is 11.0. The maximum atomic E-state index is 14.4. The molecule has 1 saturated carbocycles. The van der Waals surface area contributed by atoms with Gasteiger partial charge >= 0.3 is 12.2 Å². The summed E-state index contributed by atoms with van der Waals surface area (Å²) in [5, 5.41) is 7.58. The molecule has 5 aliphatic rings. The van der Waals surface area contributed by atoms with Gasteiger partial charge in [0.1, 0.15) is 36.1 Å². The maximum absolute atomic E-state index is 14.4. The van der Waals surface area contributed by atoms with Crippen LogP contribution in [-0.2, 0) is 30.4 Å². The van der Waals surface area contributed by atoms with Gasteiger partial charge in [-0.2, -0.15) is 0 Å². The van der Waals surface area contributed by atoms with Gasteiger partial charge in [0.2, 0.25) is 11.8 Å². The summed E-state index contributed by atoms with van der Waals surface area (Å²) in [7, 11) is 2.62. The first-order chi connectivity index (χ1) is 31.0. The summed E-state index contributed by atoms with van der Waals surface area (Å²) in [5.41, 5.74) is 6.65. The second kappa shape index (κ2) is 16.8. The van der Waals surface area contributed by atoms with Gasteiger partial charge in [0.05, 0.1) is 49.2 Å². The fourth-order valence-electron chi connectivity index (χ4n) is 11.0. The highest BCUT2D eigenvalue weighted by atomic mass is 16.5. The van der Waals surface area contributed by atoms with E-state index in [1.54, 1.807) is 0 Å². The minimum atomic E-state index is -0.727. The van der Waals surface area contributed by atoms with Crippen LogP contribution in [-0.4, -0.2) is 106 Å². The van der Waals surface area contributed by atoms with Crippen molar-refractivity contribution >= 4 is 45.8 Å². The van der Waals surface area contributed by atoms with Crippen molar-refractivity contribution in [3.63, 3.8) is 0 Å². The molecule has 5 aromatic rings. The molecule has 4 amide bonds. The summed E-state index contributed by atoms with van der Waals surface area (Å²) in [6.45, 7) is 8.00. The van der Waals surface area contributed by atoms with Crippen LogP contribution in [0.4, 0.5) is 9.59 Å². The molecule has 336 valence electrons. The normalized spacial score (nSPS) is 23.8. The van der Waals surface area contributed by atoms with E-state index in [-0.39, 0.29) is 41.8 Å². The van der Waals surface area contributed by atoms with Crippen molar-refractivity contribution in [2.24, 2.45) is 23.7 Å². The molecule has 4 N–H and O–H groups in total. The van der Waals surface area contributed by atoms with Crippen LogP contribution in [0.3, 0.4) is 0 Å². The summed E-state index contributed by atoms with van der Waals surface area (Å²) < 4.78 is 21.8. The molecule has 4 fully saturated rings. The number of methoxy groups -OCH3 is 2. The highest BCUT2D eigenvalue weighted by Crippen LogP contribution is 2.52. The quantitative estimate of drug-likeness (QED) is 0.118. The largest absolute Gasteiger partial charge is 0.488 e. The van der Waals surface area contributed by atoms with Crippen molar-refractivity contribution in [1.29, 1.82) is 0 Å². The van der Waals surface area contributed by atoms with Crippen molar-refractivity contribution in [2.45, 2.75) is 96.1 Å². The zero-order valence-corrected chi connectivity index (χ0v) is 36.9. The average molecular weight is 873 g/mol. The number of likely N-dealkylation sites (tertiary alicyclic amines) is 2. The standard InChI is InChI=1S/C48H56N8O8/c1-24(2)39(53-47(59)61-4)46(58)56-25(3)6-13-37(56)43-50-35-12-9-27-19-34-31-10-7-28(18-30(31)23-64-38(34)20-33(27)41(35)52-43)36-21-49-44(51-36)42-32-11-8-29(32)22-55(42)45(57)40(54-48(60)62-5)26-14-16-63-17-15-26/h7,9-10,12,18-21,24-26,29,32,37,39-40,42H,6,8,11,13-17,22-23H2,1-5H3,(H,49,51)(H,50,52)(H,53,59)(H,54,60). The van der Waals surface area contributed by atoms with Crippen molar-refractivity contribution < 1.29 is 38.1 Å². The summed E-state index contributed by atoms with van der Waals surface area (Å²) >= 11 is 0. The molecule has 0 spiro atoms. The number of nitrogens with zero attached hydrogens (tertiary/aromatic N) is 4. The van der Waals surface area contributed by atoms with Gasteiger partial charge < -0.3 is 49.3 Å². The average Bonchev–Trinajstić information content (AvgIpc) is 4.10. The topological polar surface area (TPSA) is 193 Å². The van der Waals surface area contributed by atoms with E-state index in [4.69, 9.17) is 28.9 Å². The zero-order valence-electron chi connectivity index (χ0n) is 36.9. The highest BCUT2D eigenvalue weighted by Gasteiger charge is 2.52. The van der Waals surface area contributed by atoms with Crippen LogP contribution in [0.5, 0.6) is 5.75 Å². The molecular weight excluding hydrogens is 817 g/mol. The van der Waals surface area contributed by atoms with Gasteiger partial charge in [-0.3, -0.25) is 9.59 Å². The van der Waals surface area contributed by atoms with Crippen LogP contribution in [0.2, 0.25) is 0 Å². The number of aromatic nitrogens is 4. The third kappa shape index (κ3) is 7.28. The number of hydrogen-bond donors (Lipinski definition) is 4. The Morgan fingerprint density at radius 1 is 0.859 bits per heavy atom. The molecule has 2 aromatic heterocycles. The van der Waals surface area contributed by atoms with E-state index in [0.29, 0.717) is 56.9 Å². The number of H-pyrrole nitrogens is 2. The number of carbonyl (C=O) groups excluding carboxylic acids is 4. The van der Waals surface area contributed by atoms with Crippen molar-refractivity contribution in [2.75, 3.05) is 34.0 Å². The second-order valence-electron chi connectivity index (χ2n) is 18.5. The number of imidazole rings is 2. The number of alkyl carbamates (subject to hydrolysis) is 2. The second-order valence-corrected chi connectivity index (χ2v) is 18.5. The van der Waals surface area contributed by atoms with E-state index in [9.17, 15) is 19.2 Å². The third-order valence-corrected chi connectivity index (χ3v) is 14.6. The Hall–Kier alpha value is -6.16. The first kappa shape index (κ1) is 41.8. The van der Waals surface area contributed by atoms with Crippen LogP contribution >= 0.6 is 0 Å². The molecule has 4 aliphatic heterocycles. The van der Waals surface area contributed by atoms with Crippen molar-refractivity contribution in [3.8, 4) is 28.1 Å². The van der Waals surface area contributed by atoms with E-state index >= 15 is 0 Å². The lowest BCUT2D eigenvalue weighted by Gasteiger charge is -2.35. The number of nitrogens with one attached hydrogen (secondary N) is 4. The Morgan fingerprint density at radius 3 is 2.41 bits per heavy atom. The molecule has 1 aliphatic carbocycles. The van der Waals surface area contributed by atoms with Gasteiger partial charge in [0, 0.05) is 36.8 Å². The predicted molar refractivity (Wildman–Crippen MR) is 237 cm³/mol. The molecule has 3 saturated heterocycles. The monoisotopic (exact) mass is 872 g/mol. The minimum Gasteiger partial charge on any atom is -0.488 e. The number of benzene rings is 3. The van der Waals surface area contributed by atoms with Crippen LogP contribution in [0.15, 0.2) is 48.7 Å². The Bertz CT molecular complexity index is 2630. The number of hydrogen-bond acceptors (Lipinski definition) is 10. The Balaban J connectivity index is 0.904. The first-order valence-electron chi connectivity index (χ1n) is 22.7. The Labute approximate surface area is 371 Å². The third-order valence-electron chi connectivity index (χ3n) is 14.6. The molecule has 6 heterocycles. The SMILES string of the molecule is COC(=O)NC(C(=O)N1C(C)CCC1c1nc2c(ccc3cc4c(cc32)OCc2cc(-c3cnc(C5C6CCC6CN5C(=O)C(NC(=O)OC)C5CCOCC5)[nH]3)ccc2-4)[nH]1)C(C)C. The molecule has 0 bridgehead atoms.